The van der Waals surface area contributed by atoms with Gasteiger partial charge < -0.3 is 0 Å². The summed E-state index contributed by atoms with van der Waals surface area (Å²) in [7, 11) is -1.14. The van der Waals surface area contributed by atoms with Gasteiger partial charge in [-0.1, -0.05) is 68.9 Å². The molecule has 5 heteroatoms. The summed E-state index contributed by atoms with van der Waals surface area (Å²) in [6, 6.07) is 11.2. The molecule has 0 N–H and O–H groups in total. The van der Waals surface area contributed by atoms with Gasteiger partial charge in [-0.15, -0.1) is 11.3 Å². The Hall–Kier alpha value is -1.04. The van der Waals surface area contributed by atoms with Gasteiger partial charge in [-0.3, -0.25) is 0 Å². The number of rotatable bonds is 5. The minimum Gasteiger partial charge on any atom is -0.236 e. The molecule has 1 aromatic heterocycles. The van der Waals surface area contributed by atoms with Gasteiger partial charge >= 0.3 is 0 Å². The van der Waals surface area contributed by atoms with Crippen molar-refractivity contribution in [1.82, 2.24) is 9.29 Å². The number of thiazole rings is 1. The molecule has 26 heavy (non-hydrogen) atoms. The van der Waals surface area contributed by atoms with Crippen LogP contribution in [0.2, 0.25) is 0 Å². The van der Waals surface area contributed by atoms with E-state index in [9.17, 15) is 4.21 Å². The van der Waals surface area contributed by atoms with Gasteiger partial charge in [0.25, 0.3) is 0 Å². The average Bonchev–Trinajstić information content (AvgIpc) is 3.21. The average molecular weight is 389 g/mol. The summed E-state index contributed by atoms with van der Waals surface area (Å²) in [4.78, 5) is 4.77. The third-order valence-corrected chi connectivity index (χ3v) is 8.33. The van der Waals surface area contributed by atoms with Gasteiger partial charge in [0, 0.05) is 23.0 Å². The van der Waals surface area contributed by atoms with Crippen LogP contribution < -0.4 is 0 Å². The molecule has 3 nitrogen and oxygen atoms in total. The topological polar surface area (TPSA) is 33.2 Å². The van der Waals surface area contributed by atoms with Crippen molar-refractivity contribution in [1.29, 1.82) is 0 Å². The molecular formula is C21H28N2OS2. The van der Waals surface area contributed by atoms with Gasteiger partial charge in [0.2, 0.25) is 0 Å². The van der Waals surface area contributed by atoms with E-state index in [0.717, 1.165) is 15.6 Å². The Morgan fingerprint density at radius 2 is 1.46 bits per heavy atom. The Morgan fingerprint density at radius 3 is 2.04 bits per heavy atom. The van der Waals surface area contributed by atoms with E-state index in [1.54, 1.807) is 11.3 Å². The second-order valence-electron chi connectivity index (χ2n) is 7.55. The van der Waals surface area contributed by atoms with Gasteiger partial charge in [-0.25, -0.2) is 13.5 Å². The Morgan fingerprint density at radius 1 is 0.885 bits per heavy atom. The van der Waals surface area contributed by atoms with Crippen LogP contribution in [-0.2, 0) is 11.0 Å². The van der Waals surface area contributed by atoms with E-state index in [4.69, 9.17) is 4.98 Å². The van der Waals surface area contributed by atoms with Crippen molar-refractivity contribution < 1.29 is 4.21 Å². The summed E-state index contributed by atoms with van der Waals surface area (Å²) >= 11 is 1.61. The predicted molar refractivity (Wildman–Crippen MR) is 110 cm³/mol. The SMILES string of the molecule is O=S(c1csc(-c2ccccc2)n1)N(C1CCCCC1)C1CCCCC1. The molecule has 2 aliphatic rings. The predicted octanol–water partition coefficient (Wildman–Crippen LogP) is 5.80. The minimum absolute atomic E-state index is 0.467. The zero-order valence-electron chi connectivity index (χ0n) is 15.3. The molecule has 0 saturated heterocycles. The van der Waals surface area contributed by atoms with Crippen LogP contribution in [0.1, 0.15) is 64.2 Å². The smallest absolute Gasteiger partial charge is 0.154 e. The Bertz CT molecular complexity index is 701. The van der Waals surface area contributed by atoms with Crippen LogP contribution in [0.5, 0.6) is 0 Å². The quantitative estimate of drug-likeness (QED) is 0.648. The summed E-state index contributed by atoms with van der Waals surface area (Å²) in [5.74, 6) is 0. The lowest BCUT2D eigenvalue weighted by molar-refractivity contribution is 0.177. The van der Waals surface area contributed by atoms with Crippen LogP contribution >= 0.6 is 11.3 Å². The van der Waals surface area contributed by atoms with E-state index < -0.39 is 11.0 Å². The van der Waals surface area contributed by atoms with Crippen LogP contribution in [0.15, 0.2) is 40.7 Å². The van der Waals surface area contributed by atoms with Crippen molar-refractivity contribution in [2.24, 2.45) is 0 Å². The summed E-state index contributed by atoms with van der Waals surface area (Å²) < 4.78 is 15.9. The molecule has 2 aliphatic carbocycles. The van der Waals surface area contributed by atoms with Gasteiger partial charge in [-0.05, 0) is 25.7 Å². The van der Waals surface area contributed by atoms with Crippen molar-refractivity contribution in [3.63, 3.8) is 0 Å². The lowest BCUT2D eigenvalue weighted by atomic mass is 9.91. The van der Waals surface area contributed by atoms with E-state index in [0.29, 0.717) is 12.1 Å². The van der Waals surface area contributed by atoms with Crippen molar-refractivity contribution in [2.75, 3.05) is 0 Å². The second-order valence-corrected chi connectivity index (χ2v) is 9.75. The lowest BCUT2D eigenvalue weighted by Gasteiger charge is -2.39. The summed E-state index contributed by atoms with van der Waals surface area (Å²) in [5, 5.41) is 3.74. The van der Waals surface area contributed by atoms with Crippen LogP contribution in [0.3, 0.4) is 0 Å². The zero-order valence-corrected chi connectivity index (χ0v) is 16.9. The van der Waals surface area contributed by atoms with E-state index in [1.165, 1.54) is 64.2 Å². The number of hydrogen-bond acceptors (Lipinski definition) is 3. The van der Waals surface area contributed by atoms with Crippen molar-refractivity contribution in [3.8, 4) is 10.6 Å². The normalized spacial score (nSPS) is 21.1. The molecule has 0 amide bonds. The molecule has 1 aromatic carbocycles. The molecule has 1 heterocycles. The van der Waals surface area contributed by atoms with Crippen LogP contribution in [0.4, 0.5) is 0 Å². The molecule has 4 rings (SSSR count). The van der Waals surface area contributed by atoms with E-state index >= 15 is 0 Å². The third-order valence-electron chi connectivity index (χ3n) is 5.74. The van der Waals surface area contributed by atoms with Crippen LogP contribution in [0.25, 0.3) is 10.6 Å². The fourth-order valence-corrected chi connectivity index (χ4v) is 6.97. The van der Waals surface area contributed by atoms with Crippen LogP contribution in [-0.4, -0.2) is 25.6 Å². The highest BCUT2D eigenvalue weighted by atomic mass is 32.2. The molecule has 2 aromatic rings. The largest absolute Gasteiger partial charge is 0.236 e. The number of hydrogen-bond donors (Lipinski definition) is 0. The molecule has 0 radical (unpaired) electrons. The van der Waals surface area contributed by atoms with Gasteiger partial charge in [0.05, 0.1) is 0 Å². The lowest BCUT2D eigenvalue weighted by Crippen LogP contribution is -2.46. The van der Waals surface area contributed by atoms with Crippen molar-refractivity contribution in [3.05, 3.63) is 35.7 Å². The van der Waals surface area contributed by atoms with Crippen LogP contribution in [0, 0.1) is 0 Å². The Kier molecular flexibility index (Phi) is 6.18. The van der Waals surface area contributed by atoms with Crippen molar-refractivity contribution in [2.45, 2.75) is 81.3 Å². The Labute approximate surface area is 163 Å². The maximum atomic E-state index is 13.6. The fraction of sp³-hybridized carbons (Fsp3) is 0.571. The molecule has 1 unspecified atom stereocenters. The summed E-state index contributed by atoms with van der Waals surface area (Å²) in [5.41, 5.74) is 1.11. The molecule has 0 spiro atoms. The first-order chi connectivity index (χ1) is 12.8. The summed E-state index contributed by atoms with van der Waals surface area (Å²) in [6.07, 6.45) is 12.5. The molecule has 2 fully saturated rings. The Balaban J connectivity index is 1.58. The van der Waals surface area contributed by atoms with Gasteiger partial charge in [-0.2, -0.15) is 0 Å². The first-order valence-electron chi connectivity index (χ1n) is 10.0. The van der Waals surface area contributed by atoms with E-state index in [1.807, 2.05) is 23.6 Å². The van der Waals surface area contributed by atoms with E-state index in [2.05, 4.69) is 16.4 Å². The summed E-state index contributed by atoms with van der Waals surface area (Å²) in [6.45, 7) is 0. The minimum atomic E-state index is -1.14. The zero-order chi connectivity index (χ0) is 17.8. The molecule has 140 valence electrons. The fourth-order valence-electron chi connectivity index (χ4n) is 4.40. The molecule has 0 aliphatic heterocycles. The standard InChI is InChI=1S/C21H28N2OS2/c24-26(20-16-25-21(22-20)17-10-4-1-5-11-17)23(18-12-6-2-7-13-18)19-14-8-3-9-15-19/h1,4-5,10-11,16,18-19H,2-3,6-9,12-15H2. The maximum Gasteiger partial charge on any atom is 0.154 e. The molecule has 0 bridgehead atoms. The number of nitrogens with zero attached hydrogens (tertiary/aromatic N) is 2. The molecule has 2 saturated carbocycles. The van der Waals surface area contributed by atoms with Gasteiger partial charge in [0.1, 0.15) is 16.0 Å². The van der Waals surface area contributed by atoms with Gasteiger partial charge in [0.15, 0.2) is 5.03 Å². The maximum absolute atomic E-state index is 13.6. The number of aromatic nitrogens is 1. The van der Waals surface area contributed by atoms with Crippen molar-refractivity contribution >= 4 is 22.3 Å². The molecule has 1 atom stereocenters. The highest BCUT2D eigenvalue weighted by Crippen LogP contribution is 2.34. The van der Waals surface area contributed by atoms with E-state index in [-0.39, 0.29) is 0 Å². The first-order valence-corrected chi connectivity index (χ1v) is 12.0. The first kappa shape index (κ1) is 18.3. The second kappa shape index (κ2) is 8.77. The monoisotopic (exact) mass is 388 g/mol. The number of benzene rings is 1. The highest BCUT2D eigenvalue weighted by Gasteiger charge is 2.34. The highest BCUT2D eigenvalue weighted by molar-refractivity contribution is 7.82. The molecular weight excluding hydrogens is 360 g/mol. The third kappa shape index (κ3) is 4.10.